The van der Waals surface area contributed by atoms with Crippen molar-refractivity contribution >= 4 is 5.97 Å². The zero-order valence-corrected chi connectivity index (χ0v) is 7.78. The minimum absolute atomic E-state index is 0.0543. The van der Waals surface area contributed by atoms with Crippen LogP contribution in [0.3, 0.4) is 0 Å². The van der Waals surface area contributed by atoms with Crippen molar-refractivity contribution in [2.45, 2.75) is 31.7 Å². The van der Waals surface area contributed by atoms with Crippen molar-refractivity contribution in [2.24, 2.45) is 0 Å². The van der Waals surface area contributed by atoms with Gasteiger partial charge in [0, 0.05) is 6.04 Å². The smallest absolute Gasteiger partial charge is 0.317 e. The van der Waals surface area contributed by atoms with Crippen molar-refractivity contribution in [2.75, 3.05) is 19.7 Å². The molecule has 4 nitrogen and oxygen atoms in total. The van der Waals surface area contributed by atoms with Gasteiger partial charge in [-0.25, -0.2) is 0 Å². The lowest BCUT2D eigenvalue weighted by Crippen LogP contribution is -2.40. The maximum atomic E-state index is 10.5. The Kier molecular flexibility index (Phi) is 4.18. The molecule has 1 aliphatic heterocycles. The first kappa shape index (κ1) is 10.5. The van der Waals surface area contributed by atoms with E-state index < -0.39 is 5.97 Å². The molecule has 0 amide bonds. The lowest BCUT2D eigenvalue weighted by molar-refractivity contribution is -0.139. The van der Waals surface area contributed by atoms with E-state index in [4.69, 9.17) is 10.2 Å². The molecule has 0 bridgehead atoms. The van der Waals surface area contributed by atoms with E-state index in [2.05, 4.69) is 0 Å². The molecule has 0 aliphatic carbocycles. The lowest BCUT2D eigenvalue weighted by atomic mass is 10.1. The van der Waals surface area contributed by atoms with Crippen molar-refractivity contribution < 1.29 is 15.0 Å². The number of hydrogen-bond donors (Lipinski definition) is 2. The van der Waals surface area contributed by atoms with Crippen LogP contribution in [0.4, 0.5) is 0 Å². The fourth-order valence-electron chi connectivity index (χ4n) is 1.83. The number of likely N-dealkylation sites (tertiary alicyclic amines) is 1. The summed E-state index contributed by atoms with van der Waals surface area (Å²) in [6.07, 6.45) is 4.21. The molecule has 1 rings (SSSR count). The molecular formula is C9H17NO3. The Morgan fingerprint density at radius 3 is 2.77 bits per heavy atom. The molecule has 4 heteroatoms. The summed E-state index contributed by atoms with van der Waals surface area (Å²) in [6.45, 7) is 0.941. The molecule has 1 aliphatic rings. The van der Waals surface area contributed by atoms with E-state index in [9.17, 15) is 4.79 Å². The van der Waals surface area contributed by atoms with Crippen LogP contribution in [0.2, 0.25) is 0 Å². The van der Waals surface area contributed by atoms with Crippen molar-refractivity contribution in [1.82, 2.24) is 4.90 Å². The molecule has 1 saturated heterocycles. The fourth-order valence-corrected chi connectivity index (χ4v) is 1.83. The van der Waals surface area contributed by atoms with Crippen LogP contribution >= 0.6 is 0 Å². The Balaban J connectivity index is 2.48. The highest BCUT2D eigenvalue weighted by Crippen LogP contribution is 2.15. The normalized spacial score (nSPS) is 25.5. The van der Waals surface area contributed by atoms with Crippen LogP contribution in [-0.2, 0) is 4.79 Å². The number of nitrogens with zero attached hydrogens (tertiary/aromatic N) is 1. The highest BCUT2D eigenvalue weighted by molar-refractivity contribution is 5.69. The Morgan fingerprint density at radius 2 is 2.15 bits per heavy atom. The van der Waals surface area contributed by atoms with E-state index in [0.717, 1.165) is 32.2 Å². The quantitative estimate of drug-likeness (QED) is 0.667. The van der Waals surface area contributed by atoms with Gasteiger partial charge in [-0.15, -0.1) is 0 Å². The van der Waals surface area contributed by atoms with Gasteiger partial charge in [-0.3, -0.25) is 9.69 Å². The van der Waals surface area contributed by atoms with E-state index in [1.54, 1.807) is 0 Å². The summed E-state index contributed by atoms with van der Waals surface area (Å²) in [5.41, 5.74) is 0. The summed E-state index contributed by atoms with van der Waals surface area (Å²) in [4.78, 5) is 12.4. The van der Waals surface area contributed by atoms with E-state index >= 15 is 0 Å². The predicted octanol–water partition coefficient (Wildman–Crippen LogP) is 0.308. The van der Waals surface area contributed by atoms with Gasteiger partial charge in [0.25, 0.3) is 0 Å². The molecule has 1 unspecified atom stereocenters. The van der Waals surface area contributed by atoms with Gasteiger partial charge in [0.05, 0.1) is 13.2 Å². The molecule has 1 heterocycles. The number of aliphatic hydroxyl groups is 1. The van der Waals surface area contributed by atoms with Crippen LogP contribution in [-0.4, -0.2) is 46.8 Å². The summed E-state index contributed by atoms with van der Waals surface area (Å²) >= 11 is 0. The van der Waals surface area contributed by atoms with Gasteiger partial charge in [0.1, 0.15) is 0 Å². The molecule has 13 heavy (non-hydrogen) atoms. The number of rotatable bonds is 3. The maximum absolute atomic E-state index is 10.5. The molecule has 0 aromatic carbocycles. The topological polar surface area (TPSA) is 60.8 Å². The van der Waals surface area contributed by atoms with Crippen molar-refractivity contribution in [3.8, 4) is 0 Å². The summed E-state index contributed by atoms with van der Waals surface area (Å²) in [6, 6.07) is 0.0543. The molecule has 0 saturated carbocycles. The average Bonchev–Trinajstić information content (AvgIpc) is 2.28. The van der Waals surface area contributed by atoms with Crippen LogP contribution in [0.15, 0.2) is 0 Å². The second kappa shape index (κ2) is 5.19. The minimum atomic E-state index is -0.805. The van der Waals surface area contributed by atoms with Gasteiger partial charge in [-0.2, -0.15) is 0 Å². The monoisotopic (exact) mass is 187 g/mol. The Bertz CT molecular complexity index is 172. The standard InChI is InChI=1S/C9H17NO3/c11-7-8-4-2-1-3-5-10(8)6-9(12)13/h8,11H,1-7H2,(H,12,13). The van der Waals surface area contributed by atoms with Crippen LogP contribution in [0.25, 0.3) is 0 Å². The third-order valence-corrected chi connectivity index (χ3v) is 2.55. The highest BCUT2D eigenvalue weighted by atomic mass is 16.4. The summed E-state index contributed by atoms with van der Waals surface area (Å²) in [5, 5.41) is 17.7. The van der Waals surface area contributed by atoms with Crippen LogP contribution in [0, 0.1) is 0 Å². The SMILES string of the molecule is O=C(O)CN1CCCCCC1CO. The van der Waals surface area contributed by atoms with Crippen LogP contribution in [0.1, 0.15) is 25.7 Å². The summed E-state index contributed by atoms with van der Waals surface area (Å²) in [7, 11) is 0. The number of carboxylic acid groups (broad SMARTS) is 1. The second-order valence-electron chi connectivity index (χ2n) is 3.55. The minimum Gasteiger partial charge on any atom is -0.480 e. The van der Waals surface area contributed by atoms with Gasteiger partial charge in [-0.1, -0.05) is 12.8 Å². The number of aliphatic hydroxyl groups excluding tert-OH is 1. The Labute approximate surface area is 78.2 Å². The molecule has 1 atom stereocenters. The fraction of sp³-hybridized carbons (Fsp3) is 0.889. The first-order chi connectivity index (χ1) is 6.24. The zero-order valence-electron chi connectivity index (χ0n) is 7.78. The first-order valence-electron chi connectivity index (χ1n) is 4.80. The van der Waals surface area contributed by atoms with E-state index in [1.165, 1.54) is 0 Å². The molecule has 0 radical (unpaired) electrons. The largest absolute Gasteiger partial charge is 0.480 e. The molecule has 2 N–H and O–H groups in total. The third-order valence-electron chi connectivity index (χ3n) is 2.55. The maximum Gasteiger partial charge on any atom is 0.317 e. The molecule has 76 valence electrons. The van der Waals surface area contributed by atoms with Gasteiger partial charge in [0.2, 0.25) is 0 Å². The number of hydrogen-bond acceptors (Lipinski definition) is 3. The van der Waals surface area contributed by atoms with Crippen LogP contribution in [0.5, 0.6) is 0 Å². The van der Waals surface area contributed by atoms with Crippen LogP contribution < -0.4 is 0 Å². The predicted molar refractivity (Wildman–Crippen MR) is 48.6 cm³/mol. The number of carbonyl (C=O) groups is 1. The number of carboxylic acids is 1. The highest BCUT2D eigenvalue weighted by Gasteiger charge is 2.21. The molecular weight excluding hydrogens is 170 g/mol. The lowest BCUT2D eigenvalue weighted by Gasteiger charge is -2.26. The Morgan fingerprint density at radius 1 is 1.38 bits per heavy atom. The van der Waals surface area contributed by atoms with E-state index in [-0.39, 0.29) is 19.2 Å². The molecule has 0 aromatic rings. The summed E-state index contributed by atoms with van der Waals surface area (Å²) in [5.74, 6) is -0.805. The number of aliphatic carboxylic acids is 1. The van der Waals surface area contributed by atoms with E-state index in [0.29, 0.717) is 0 Å². The van der Waals surface area contributed by atoms with Gasteiger partial charge in [0.15, 0.2) is 0 Å². The third kappa shape index (κ3) is 3.32. The van der Waals surface area contributed by atoms with Gasteiger partial charge < -0.3 is 10.2 Å². The molecule has 0 spiro atoms. The first-order valence-corrected chi connectivity index (χ1v) is 4.80. The van der Waals surface area contributed by atoms with Crippen molar-refractivity contribution in [3.05, 3.63) is 0 Å². The molecule has 1 fully saturated rings. The summed E-state index contributed by atoms with van der Waals surface area (Å²) < 4.78 is 0. The van der Waals surface area contributed by atoms with E-state index in [1.807, 2.05) is 4.90 Å². The Hall–Kier alpha value is -0.610. The van der Waals surface area contributed by atoms with Gasteiger partial charge >= 0.3 is 5.97 Å². The van der Waals surface area contributed by atoms with Crippen molar-refractivity contribution in [1.29, 1.82) is 0 Å². The second-order valence-corrected chi connectivity index (χ2v) is 3.55. The van der Waals surface area contributed by atoms with Crippen molar-refractivity contribution in [3.63, 3.8) is 0 Å². The zero-order chi connectivity index (χ0) is 9.68. The average molecular weight is 187 g/mol. The molecule has 0 aromatic heterocycles. The van der Waals surface area contributed by atoms with Gasteiger partial charge in [-0.05, 0) is 19.4 Å².